The highest BCUT2D eigenvalue weighted by atomic mass is 16.7. The smallest absolute Gasteiger partial charge is 0.421 e. The van der Waals surface area contributed by atoms with Crippen LogP contribution in [-0.4, -0.2) is 19.4 Å². The van der Waals surface area contributed by atoms with Crippen LogP contribution in [0.3, 0.4) is 0 Å². The summed E-state index contributed by atoms with van der Waals surface area (Å²) in [5, 5.41) is 7.92. The van der Waals surface area contributed by atoms with Gasteiger partial charge in [0.05, 0.1) is 0 Å². The van der Waals surface area contributed by atoms with Crippen LogP contribution in [0.5, 0.6) is 0 Å². The predicted molar refractivity (Wildman–Crippen MR) is 31.7 cm³/mol. The van der Waals surface area contributed by atoms with E-state index >= 15 is 0 Å². The molecule has 0 saturated carbocycles. The minimum absolute atomic E-state index is 0.135. The molecule has 0 aliphatic rings. The molecular formula is C6H5NO3. The molecule has 0 spiro atoms. The van der Waals surface area contributed by atoms with Crippen LogP contribution in [0.25, 0.3) is 0 Å². The highest BCUT2D eigenvalue weighted by Gasteiger charge is 1.99. The minimum atomic E-state index is -0.917. The van der Waals surface area contributed by atoms with Crippen molar-refractivity contribution in [1.82, 2.24) is 0 Å². The van der Waals surface area contributed by atoms with Crippen LogP contribution in [0, 0.1) is 23.7 Å². The maximum absolute atomic E-state index is 10.3. The number of nitriles is 1. The van der Waals surface area contributed by atoms with Crippen molar-refractivity contribution >= 4 is 6.16 Å². The van der Waals surface area contributed by atoms with Gasteiger partial charge < -0.3 is 9.47 Å². The van der Waals surface area contributed by atoms with Crippen molar-refractivity contribution in [1.29, 1.82) is 5.26 Å². The Kier molecular flexibility index (Phi) is 4.54. The molecule has 0 atom stereocenters. The number of ether oxygens (including phenoxy) is 2. The van der Waals surface area contributed by atoms with E-state index in [1.165, 1.54) is 0 Å². The number of rotatable bonds is 2. The molecule has 0 fully saturated rings. The fraction of sp³-hybridized carbons (Fsp3) is 0.333. The molecule has 0 unspecified atom stereocenters. The summed E-state index contributed by atoms with van der Waals surface area (Å²) < 4.78 is 8.42. The zero-order chi connectivity index (χ0) is 7.82. The summed E-state index contributed by atoms with van der Waals surface area (Å²) in [5.41, 5.74) is 0. The third-order valence-corrected chi connectivity index (χ3v) is 0.528. The van der Waals surface area contributed by atoms with E-state index in [0.29, 0.717) is 0 Å². The topological polar surface area (TPSA) is 59.3 Å². The molecule has 52 valence electrons. The number of carbonyl (C=O) groups excluding carboxylic acids is 1. The lowest BCUT2D eigenvalue weighted by Crippen LogP contribution is -2.07. The van der Waals surface area contributed by atoms with Crippen molar-refractivity contribution in [3.63, 3.8) is 0 Å². The van der Waals surface area contributed by atoms with Gasteiger partial charge in [-0.2, -0.15) is 5.26 Å². The van der Waals surface area contributed by atoms with Crippen molar-refractivity contribution < 1.29 is 14.3 Å². The Hall–Kier alpha value is -1.68. The van der Waals surface area contributed by atoms with E-state index in [4.69, 9.17) is 11.7 Å². The van der Waals surface area contributed by atoms with Crippen LogP contribution < -0.4 is 0 Å². The Morgan fingerprint density at radius 2 is 2.10 bits per heavy atom. The van der Waals surface area contributed by atoms with E-state index in [1.54, 1.807) is 6.07 Å². The summed E-state index contributed by atoms with van der Waals surface area (Å²) >= 11 is 0. The number of hydrogen-bond donors (Lipinski definition) is 0. The van der Waals surface area contributed by atoms with Gasteiger partial charge in [-0.25, -0.2) is 4.79 Å². The molecule has 0 N–H and O–H groups in total. The van der Waals surface area contributed by atoms with Crippen LogP contribution in [0.1, 0.15) is 0 Å². The zero-order valence-electron chi connectivity index (χ0n) is 5.16. The van der Waals surface area contributed by atoms with Crippen LogP contribution >= 0.6 is 0 Å². The highest BCUT2D eigenvalue weighted by Crippen LogP contribution is 1.82. The quantitative estimate of drug-likeness (QED) is 0.407. The number of terminal acetylenes is 1. The van der Waals surface area contributed by atoms with Gasteiger partial charge in [-0.1, -0.05) is 5.92 Å². The average Bonchev–Trinajstić information content (AvgIpc) is 1.97. The standard InChI is InChI=1S/C6H5NO3/c1-2-4-9-6(8)10-5-3-7/h1H,4-5H2. The molecule has 0 heterocycles. The van der Waals surface area contributed by atoms with Crippen LogP contribution in [0.2, 0.25) is 0 Å². The van der Waals surface area contributed by atoms with Gasteiger partial charge in [0.2, 0.25) is 0 Å². The molecular weight excluding hydrogens is 134 g/mol. The second-order valence-corrected chi connectivity index (χ2v) is 1.19. The van der Waals surface area contributed by atoms with Crippen LogP contribution in [-0.2, 0) is 9.47 Å². The number of carbonyl (C=O) groups is 1. The Bertz CT molecular complexity index is 166. The molecule has 0 aliphatic heterocycles. The van der Waals surface area contributed by atoms with E-state index in [1.807, 2.05) is 0 Å². The van der Waals surface area contributed by atoms with Crippen molar-refractivity contribution in [2.24, 2.45) is 0 Å². The third kappa shape index (κ3) is 4.48. The molecule has 0 aromatic rings. The van der Waals surface area contributed by atoms with Gasteiger partial charge in [0, 0.05) is 0 Å². The third-order valence-electron chi connectivity index (χ3n) is 0.528. The van der Waals surface area contributed by atoms with Gasteiger partial charge in [-0.15, -0.1) is 6.42 Å². The van der Waals surface area contributed by atoms with E-state index in [0.717, 1.165) is 0 Å². The normalized spacial score (nSPS) is 7.00. The maximum Gasteiger partial charge on any atom is 0.510 e. The van der Waals surface area contributed by atoms with E-state index < -0.39 is 6.16 Å². The lowest BCUT2D eigenvalue weighted by Gasteiger charge is -1.97. The largest absolute Gasteiger partial charge is 0.510 e. The summed E-state index contributed by atoms with van der Waals surface area (Å²) in [6.45, 7) is -0.451. The van der Waals surface area contributed by atoms with Gasteiger partial charge in [0.15, 0.2) is 13.2 Å². The molecule has 0 radical (unpaired) electrons. The zero-order valence-corrected chi connectivity index (χ0v) is 5.16. The Morgan fingerprint density at radius 1 is 1.50 bits per heavy atom. The molecule has 0 amide bonds. The Morgan fingerprint density at radius 3 is 2.60 bits per heavy atom. The summed E-state index contributed by atoms with van der Waals surface area (Å²) in [7, 11) is 0. The van der Waals surface area contributed by atoms with Gasteiger partial charge in [0.1, 0.15) is 6.07 Å². The SMILES string of the molecule is C#CCOC(=O)OCC#N. The first kappa shape index (κ1) is 8.32. The van der Waals surface area contributed by atoms with Crippen molar-refractivity contribution in [2.45, 2.75) is 0 Å². The maximum atomic E-state index is 10.3. The van der Waals surface area contributed by atoms with Gasteiger partial charge in [0.25, 0.3) is 0 Å². The van der Waals surface area contributed by atoms with Gasteiger partial charge in [-0.3, -0.25) is 0 Å². The summed E-state index contributed by atoms with van der Waals surface area (Å²) in [6, 6.07) is 1.60. The molecule has 0 aliphatic carbocycles. The second kappa shape index (κ2) is 5.46. The molecule has 4 heteroatoms. The fourth-order valence-electron chi connectivity index (χ4n) is 0.233. The van der Waals surface area contributed by atoms with E-state index in [2.05, 4.69) is 15.4 Å². The lowest BCUT2D eigenvalue weighted by molar-refractivity contribution is 0.0742. The van der Waals surface area contributed by atoms with E-state index in [-0.39, 0.29) is 13.2 Å². The average molecular weight is 139 g/mol. The predicted octanol–water partition coefficient (Wildman–Crippen LogP) is 0.296. The van der Waals surface area contributed by atoms with Crippen molar-refractivity contribution in [2.75, 3.05) is 13.2 Å². The first-order valence-corrected chi connectivity index (χ1v) is 2.41. The van der Waals surface area contributed by atoms with Crippen LogP contribution in [0.15, 0.2) is 0 Å². The van der Waals surface area contributed by atoms with E-state index in [9.17, 15) is 4.79 Å². The molecule has 4 nitrogen and oxygen atoms in total. The first-order chi connectivity index (χ1) is 4.81. The van der Waals surface area contributed by atoms with Gasteiger partial charge >= 0.3 is 6.16 Å². The molecule has 10 heavy (non-hydrogen) atoms. The molecule has 0 bridgehead atoms. The number of nitrogens with zero attached hydrogens (tertiary/aromatic N) is 1. The number of hydrogen-bond acceptors (Lipinski definition) is 4. The fourth-order valence-corrected chi connectivity index (χ4v) is 0.233. The molecule has 0 aromatic carbocycles. The molecule has 0 rings (SSSR count). The highest BCUT2D eigenvalue weighted by molar-refractivity contribution is 5.60. The lowest BCUT2D eigenvalue weighted by atomic mass is 10.8. The second-order valence-electron chi connectivity index (χ2n) is 1.19. The van der Waals surface area contributed by atoms with Crippen molar-refractivity contribution in [3.05, 3.63) is 0 Å². The summed E-state index contributed by atoms with van der Waals surface area (Å²) in [4.78, 5) is 10.3. The Labute approximate surface area is 58.3 Å². The summed E-state index contributed by atoms with van der Waals surface area (Å²) in [6.07, 6.45) is 3.84. The molecule has 0 aromatic heterocycles. The Balaban J connectivity index is 3.30. The monoisotopic (exact) mass is 139 g/mol. The van der Waals surface area contributed by atoms with Crippen molar-refractivity contribution in [3.8, 4) is 18.4 Å². The first-order valence-electron chi connectivity index (χ1n) is 2.41. The summed E-state index contributed by atoms with van der Waals surface area (Å²) in [5.74, 6) is 2.07. The molecule has 0 saturated heterocycles. The minimum Gasteiger partial charge on any atom is -0.421 e. The van der Waals surface area contributed by atoms with Crippen LogP contribution in [0.4, 0.5) is 4.79 Å². The van der Waals surface area contributed by atoms with Gasteiger partial charge in [-0.05, 0) is 0 Å².